The largest absolute Gasteiger partial charge is 0.416 e. The number of rotatable bonds is 5. The minimum Gasteiger partial charge on any atom is -0.416 e. The predicted octanol–water partition coefficient (Wildman–Crippen LogP) is 4.11. The molecule has 0 aromatic carbocycles. The maximum Gasteiger partial charge on any atom is 0.284 e. The van der Waals surface area contributed by atoms with E-state index in [0.717, 1.165) is 0 Å². The van der Waals surface area contributed by atoms with Gasteiger partial charge in [-0.05, 0) is 37.4 Å². The van der Waals surface area contributed by atoms with Crippen molar-refractivity contribution >= 4 is 24.0 Å². The van der Waals surface area contributed by atoms with Gasteiger partial charge < -0.3 is 8.83 Å². The van der Waals surface area contributed by atoms with Crippen molar-refractivity contribution in [3.8, 4) is 0 Å². The van der Waals surface area contributed by atoms with Gasteiger partial charge in [-0.25, -0.2) is 5.10 Å². The van der Waals surface area contributed by atoms with Crippen molar-refractivity contribution in [1.82, 2.24) is 20.4 Å². The van der Waals surface area contributed by atoms with Gasteiger partial charge in [0.1, 0.15) is 0 Å². The van der Waals surface area contributed by atoms with Crippen molar-refractivity contribution in [2.45, 2.75) is 44.6 Å². The lowest BCUT2D eigenvalue weighted by Gasteiger charge is -1.97. The molecule has 8 heteroatoms. The summed E-state index contributed by atoms with van der Waals surface area (Å²) in [6.45, 7) is 8.68. The molecule has 0 amide bonds. The zero-order valence-electron chi connectivity index (χ0n) is 12.9. The van der Waals surface area contributed by atoms with Crippen LogP contribution < -0.4 is 0 Å². The zero-order chi connectivity index (χ0) is 15.9. The van der Waals surface area contributed by atoms with Crippen LogP contribution in [0.15, 0.2) is 25.7 Å². The monoisotopic (exact) mass is 338 g/mol. The Labute approximate surface area is 137 Å². The summed E-state index contributed by atoms with van der Waals surface area (Å²) < 4.78 is 11.0. The molecule has 22 heavy (non-hydrogen) atoms. The summed E-state index contributed by atoms with van der Waals surface area (Å²) in [6, 6.07) is 0. The van der Waals surface area contributed by atoms with Gasteiger partial charge >= 0.3 is 0 Å². The minimum absolute atomic E-state index is 0.167. The molecule has 2 aromatic rings. The topological polar surface area (TPSA) is 80.7 Å². The van der Waals surface area contributed by atoms with E-state index in [9.17, 15) is 0 Å². The Morgan fingerprint density at radius 2 is 2.14 bits per heavy atom. The average molecular weight is 338 g/mol. The Morgan fingerprint density at radius 1 is 1.36 bits per heavy atom. The number of nitrogens with one attached hydrogen (secondary N) is 1. The van der Waals surface area contributed by atoms with Gasteiger partial charge in [0.2, 0.25) is 11.8 Å². The fourth-order valence-electron chi connectivity index (χ4n) is 2.67. The van der Waals surface area contributed by atoms with Gasteiger partial charge in [0.15, 0.2) is 0 Å². The Morgan fingerprint density at radius 3 is 2.77 bits per heavy atom. The van der Waals surface area contributed by atoms with Crippen LogP contribution in [0.2, 0.25) is 0 Å². The smallest absolute Gasteiger partial charge is 0.284 e. The van der Waals surface area contributed by atoms with Gasteiger partial charge in [0.25, 0.3) is 10.1 Å². The molecular weight excluding hydrogens is 320 g/mol. The van der Waals surface area contributed by atoms with Gasteiger partial charge in [-0.3, -0.25) is 0 Å². The van der Waals surface area contributed by atoms with Crippen LogP contribution in [0.3, 0.4) is 0 Å². The molecule has 0 bridgehead atoms. The van der Waals surface area contributed by atoms with Crippen LogP contribution in [-0.4, -0.2) is 20.4 Å². The second kappa shape index (κ2) is 5.66. The van der Waals surface area contributed by atoms with E-state index in [1.165, 1.54) is 17.3 Å². The molecule has 0 radical (unpaired) electrons. The first-order valence-corrected chi connectivity index (χ1v) is 8.43. The lowest BCUT2D eigenvalue weighted by Crippen LogP contribution is -1.90. The molecule has 0 aliphatic heterocycles. The summed E-state index contributed by atoms with van der Waals surface area (Å²) in [5.74, 6) is 2.47. The van der Waals surface area contributed by atoms with Crippen LogP contribution in [0.5, 0.6) is 0 Å². The number of aromatic nitrogens is 4. The minimum atomic E-state index is 0.167. The summed E-state index contributed by atoms with van der Waals surface area (Å²) in [6.07, 6.45) is 2.29. The first-order chi connectivity index (χ1) is 10.4. The lowest BCUT2D eigenvalue weighted by molar-refractivity contribution is 0.399. The highest BCUT2D eigenvalue weighted by atomic mass is 32.2. The third-order valence-electron chi connectivity index (χ3n) is 3.91. The number of H-pyrrole nitrogens is 1. The summed E-state index contributed by atoms with van der Waals surface area (Å²) in [5.41, 5.74) is 1.48. The van der Waals surface area contributed by atoms with Crippen LogP contribution >= 0.6 is 24.0 Å². The standard InChI is InChI=1S/C14H18N4O2S2/c1-7(2)5-8-10(14(8,3)4)11-16-18-13(20-11)22-6-9-15-17-12(21)19-9/h5,8,10H,6H2,1-4H3,(H,17,21)/t8-,10+/m1/s1. The van der Waals surface area contributed by atoms with E-state index in [1.807, 2.05) is 0 Å². The van der Waals surface area contributed by atoms with E-state index in [-0.39, 0.29) is 10.3 Å². The van der Waals surface area contributed by atoms with Gasteiger partial charge in [-0.1, -0.05) is 37.3 Å². The Hall–Kier alpha value is -1.41. The van der Waals surface area contributed by atoms with E-state index in [0.29, 0.717) is 34.6 Å². The molecular formula is C14H18N4O2S2. The van der Waals surface area contributed by atoms with Crippen LogP contribution in [-0.2, 0) is 5.75 Å². The molecule has 118 valence electrons. The molecule has 1 fully saturated rings. The van der Waals surface area contributed by atoms with Crippen molar-refractivity contribution in [2.24, 2.45) is 11.3 Å². The molecule has 0 spiro atoms. The van der Waals surface area contributed by atoms with Crippen LogP contribution in [0.25, 0.3) is 0 Å². The Kier molecular flexibility index (Phi) is 3.98. The van der Waals surface area contributed by atoms with Crippen molar-refractivity contribution in [1.29, 1.82) is 0 Å². The number of nitrogens with zero attached hydrogens (tertiary/aromatic N) is 3. The summed E-state index contributed by atoms with van der Waals surface area (Å²) >= 11 is 6.22. The normalized spacial score (nSPS) is 22.5. The highest BCUT2D eigenvalue weighted by molar-refractivity contribution is 7.98. The molecule has 1 aliphatic carbocycles. The van der Waals surface area contributed by atoms with E-state index in [2.05, 4.69) is 54.2 Å². The van der Waals surface area contributed by atoms with E-state index in [1.54, 1.807) is 0 Å². The molecule has 0 saturated heterocycles. The quantitative estimate of drug-likeness (QED) is 0.499. The molecule has 2 atom stereocenters. The maximum absolute atomic E-state index is 5.79. The Bertz CT molecular complexity index is 755. The molecule has 6 nitrogen and oxygen atoms in total. The van der Waals surface area contributed by atoms with E-state index in [4.69, 9.17) is 21.1 Å². The molecule has 1 saturated carbocycles. The summed E-state index contributed by atoms with van der Waals surface area (Å²) in [5, 5.41) is 15.4. The lowest BCUT2D eigenvalue weighted by atomic mass is 10.1. The molecule has 1 N–H and O–H groups in total. The van der Waals surface area contributed by atoms with Gasteiger partial charge in [0.05, 0.1) is 5.75 Å². The van der Waals surface area contributed by atoms with E-state index >= 15 is 0 Å². The van der Waals surface area contributed by atoms with Crippen LogP contribution in [0.4, 0.5) is 0 Å². The fraction of sp³-hybridized carbons (Fsp3) is 0.571. The molecule has 0 unspecified atom stereocenters. The predicted molar refractivity (Wildman–Crippen MR) is 85.0 cm³/mol. The number of hydrogen-bond donors (Lipinski definition) is 1. The first kappa shape index (κ1) is 15.5. The van der Waals surface area contributed by atoms with Gasteiger partial charge in [-0.15, -0.1) is 15.3 Å². The molecule has 2 heterocycles. The maximum atomic E-state index is 5.79. The third kappa shape index (κ3) is 3.03. The SMILES string of the molecule is CC(C)=C[C@@H]1[C@@H](c2nnc(SCc3n[nH]c(=S)o3)o2)C1(C)C. The second-order valence-electron chi connectivity index (χ2n) is 6.27. The fourth-order valence-corrected chi connectivity index (χ4v) is 3.42. The van der Waals surface area contributed by atoms with Gasteiger partial charge in [-0.2, -0.15) is 0 Å². The number of allylic oxidation sites excluding steroid dienone is 2. The summed E-state index contributed by atoms with van der Waals surface area (Å²) in [7, 11) is 0. The summed E-state index contributed by atoms with van der Waals surface area (Å²) in [4.78, 5) is 0.270. The van der Waals surface area contributed by atoms with Crippen LogP contribution in [0, 0.1) is 16.2 Å². The van der Waals surface area contributed by atoms with Crippen molar-refractivity contribution in [3.63, 3.8) is 0 Å². The third-order valence-corrected chi connectivity index (χ3v) is 4.89. The average Bonchev–Trinajstić information content (AvgIpc) is 2.84. The highest BCUT2D eigenvalue weighted by Gasteiger charge is 2.60. The number of aromatic amines is 1. The zero-order valence-corrected chi connectivity index (χ0v) is 14.5. The second-order valence-corrected chi connectivity index (χ2v) is 7.57. The highest BCUT2D eigenvalue weighted by Crippen LogP contribution is 2.65. The van der Waals surface area contributed by atoms with Crippen molar-refractivity contribution < 1.29 is 8.83 Å². The van der Waals surface area contributed by atoms with E-state index < -0.39 is 0 Å². The molecule has 1 aliphatic rings. The number of thioether (sulfide) groups is 1. The van der Waals surface area contributed by atoms with Crippen molar-refractivity contribution in [3.05, 3.63) is 28.3 Å². The Balaban J connectivity index is 1.67. The van der Waals surface area contributed by atoms with Crippen LogP contribution in [0.1, 0.15) is 45.4 Å². The number of hydrogen-bond acceptors (Lipinski definition) is 7. The van der Waals surface area contributed by atoms with Gasteiger partial charge in [0, 0.05) is 5.92 Å². The molecule has 3 rings (SSSR count). The molecule has 2 aromatic heterocycles. The van der Waals surface area contributed by atoms with Crippen molar-refractivity contribution in [2.75, 3.05) is 0 Å². The first-order valence-electron chi connectivity index (χ1n) is 7.03.